The maximum atomic E-state index is 5.44. The van der Waals surface area contributed by atoms with E-state index >= 15 is 0 Å². The highest BCUT2D eigenvalue weighted by atomic mass is 127. The van der Waals surface area contributed by atoms with Crippen molar-refractivity contribution >= 4 is 29.9 Å². The van der Waals surface area contributed by atoms with Crippen LogP contribution in [0.4, 0.5) is 0 Å². The van der Waals surface area contributed by atoms with Gasteiger partial charge in [0.2, 0.25) is 0 Å². The fourth-order valence-electron chi connectivity index (χ4n) is 2.77. The van der Waals surface area contributed by atoms with Gasteiger partial charge in [-0.2, -0.15) is 0 Å². The second-order valence-electron chi connectivity index (χ2n) is 5.96. The Balaban J connectivity index is 0.00000338. The van der Waals surface area contributed by atoms with Crippen LogP contribution in [0.2, 0.25) is 0 Å². The van der Waals surface area contributed by atoms with Crippen LogP contribution in [0.5, 0.6) is 5.75 Å². The highest BCUT2D eigenvalue weighted by Crippen LogP contribution is 2.19. The van der Waals surface area contributed by atoms with Crippen molar-refractivity contribution < 1.29 is 9.26 Å². The second kappa shape index (κ2) is 11.1. The van der Waals surface area contributed by atoms with Crippen molar-refractivity contribution in [3.05, 3.63) is 46.8 Å². The van der Waals surface area contributed by atoms with E-state index in [2.05, 4.69) is 28.4 Å². The first-order chi connectivity index (χ1) is 12.1. The van der Waals surface area contributed by atoms with Gasteiger partial charge in [-0.05, 0) is 33.3 Å². The third kappa shape index (κ3) is 5.89. The Kier molecular flexibility index (Phi) is 9.47. The monoisotopic (exact) mass is 472 g/mol. The van der Waals surface area contributed by atoms with Gasteiger partial charge in [0.1, 0.15) is 11.5 Å². The highest BCUT2D eigenvalue weighted by Gasteiger charge is 2.11. The summed E-state index contributed by atoms with van der Waals surface area (Å²) < 4.78 is 10.7. The predicted octanol–water partition coefficient (Wildman–Crippen LogP) is 3.56. The number of aliphatic imine (C=N–C) groups is 1. The number of halogens is 1. The molecule has 7 heteroatoms. The Morgan fingerprint density at radius 3 is 2.65 bits per heavy atom. The number of aromatic nitrogens is 1. The fraction of sp³-hybridized carbons (Fsp3) is 0.474. The molecule has 144 valence electrons. The van der Waals surface area contributed by atoms with Crippen LogP contribution in [-0.4, -0.2) is 43.3 Å². The van der Waals surface area contributed by atoms with Crippen LogP contribution in [0, 0.1) is 13.8 Å². The number of methoxy groups -OCH3 is 1. The summed E-state index contributed by atoms with van der Waals surface area (Å²) in [6.45, 7) is 8.20. The Hall–Kier alpha value is -1.77. The van der Waals surface area contributed by atoms with Gasteiger partial charge in [0.25, 0.3) is 0 Å². The molecule has 0 saturated carbocycles. The lowest BCUT2D eigenvalue weighted by atomic mass is 10.1. The van der Waals surface area contributed by atoms with Gasteiger partial charge < -0.3 is 19.5 Å². The maximum Gasteiger partial charge on any atom is 0.193 e. The number of nitrogens with one attached hydrogen (secondary N) is 1. The summed E-state index contributed by atoms with van der Waals surface area (Å²) in [5, 5.41) is 7.34. The van der Waals surface area contributed by atoms with E-state index in [-0.39, 0.29) is 24.0 Å². The summed E-state index contributed by atoms with van der Waals surface area (Å²) in [5.41, 5.74) is 3.22. The smallest absolute Gasteiger partial charge is 0.193 e. The molecule has 0 aliphatic carbocycles. The molecule has 0 radical (unpaired) electrons. The average molecular weight is 472 g/mol. The molecule has 0 bridgehead atoms. The van der Waals surface area contributed by atoms with Crippen LogP contribution in [0.3, 0.4) is 0 Å². The molecule has 1 N–H and O–H groups in total. The molecule has 2 rings (SSSR count). The molecular weight excluding hydrogens is 443 g/mol. The largest absolute Gasteiger partial charge is 0.496 e. The standard InChI is InChI=1S/C19H28N4O2.HI/c1-6-20-19(21-12-11-17-14(2)22-25-15(17)3)23(4)13-16-9-7-8-10-18(16)24-5;/h7-10H,6,11-13H2,1-5H3,(H,20,21);1H. The van der Waals surface area contributed by atoms with E-state index in [4.69, 9.17) is 14.3 Å². The third-order valence-corrected chi connectivity index (χ3v) is 4.10. The number of hydrogen-bond donors (Lipinski definition) is 1. The molecule has 1 heterocycles. The van der Waals surface area contributed by atoms with Gasteiger partial charge >= 0.3 is 0 Å². The van der Waals surface area contributed by atoms with Crippen LogP contribution in [0.15, 0.2) is 33.8 Å². The molecule has 1 aromatic carbocycles. The molecule has 1 aromatic heterocycles. The van der Waals surface area contributed by atoms with Crippen LogP contribution in [-0.2, 0) is 13.0 Å². The highest BCUT2D eigenvalue weighted by molar-refractivity contribution is 14.0. The molecule has 0 aliphatic rings. The maximum absolute atomic E-state index is 5.44. The lowest BCUT2D eigenvalue weighted by Gasteiger charge is -2.23. The average Bonchev–Trinajstić information content (AvgIpc) is 2.93. The number of nitrogens with zero attached hydrogens (tertiary/aromatic N) is 3. The number of ether oxygens (including phenoxy) is 1. The predicted molar refractivity (Wildman–Crippen MR) is 116 cm³/mol. The molecule has 0 amide bonds. The SMILES string of the molecule is CCNC(=NCCc1c(C)noc1C)N(C)Cc1ccccc1OC.I. The number of para-hydroxylation sites is 1. The minimum Gasteiger partial charge on any atom is -0.496 e. The normalized spacial score (nSPS) is 11.0. The van der Waals surface area contributed by atoms with Gasteiger partial charge in [0.05, 0.1) is 12.8 Å². The quantitative estimate of drug-likeness (QED) is 0.380. The first-order valence-corrected chi connectivity index (χ1v) is 8.59. The van der Waals surface area contributed by atoms with Crippen LogP contribution in [0.25, 0.3) is 0 Å². The van der Waals surface area contributed by atoms with Crippen LogP contribution >= 0.6 is 24.0 Å². The van der Waals surface area contributed by atoms with Crippen molar-refractivity contribution in [2.75, 3.05) is 27.2 Å². The fourth-order valence-corrected chi connectivity index (χ4v) is 2.77. The van der Waals surface area contributed by atoms with Gasteiger partial charge in [0, 0.05) is 37.8 Å². The first kappa shape index (κ1) is 22.3. The van der Waals surface area contributed by atoms with Gasteiger partial charge in [-0.3, -0.25) is 4.99 Å². The van der Waals surface area contributed by atoms with E-state index in [9.17, 15) is 0 Å². The summed E-state index contributed by atoms with van der Waals surface area (Å²) in [5.74, 6) is 2.64. The number of rotatable bonds is 7. The molecule has 0 saturated heterocycles. The van der Waals surface area contributed by atoms with Crippen LogP contribution in [0.1, 0.15) is 29.5 Å². The second-order valence-corrected chi connectivity index (χ2v) is 5.96. The Morgan fingerprint density at radius 2 is 2.04 bits per heavy atom. The Bertz CT molecular complexity index is 696. The summed E-state index contributed by atoms with van der Waals surface area (Å²) in [4.78, 5) is 6.85. The molecule has 2 aromatic rings. The van der Waals surface area contributed by atoms with E-state index in [1.54, 1.807) is 7.11 Å². The minimum absolute atomic E-state index is 0. The number of hydrogen-bond acceptors (Lipinski definition) is 4. The molecule has 0 atom stereocenters. The van der Waals surface area contributed by atoms with E-state index in [1.165, 1.54) is 0 Å². The lowest BCUT2D eigenvalue weighted by molar-refractivity contribution is 0.392. The molecule has 6 nitrogen and oxygen atoms in total. The van der Waals surface area contributed by atoms with Crippen molar-refractivity contribution in [3.63, 3.8) is 0 Å². The van der Waals surface area contributed by atoms with Crippen molar-refractivity contribution in [2.45, 2.75) is 33.7 Å². The topological polar surface area (TPSA) is 62.9 Å². The molecule has 0 fully saturated rings. The number of guanidine groups is 1. The van der Waals surface area contributed by atoms with E-state index in [0.717, 1.165) is 53.8 Å². The van der Waals surface area contributed by atoms with Gasteiger partial charge in [-0.25, -0.2) is 0 Å². The lowest BCUT2D eigenvalue weighted by Crippen LogP contribution is -2.38. The zero-order chi connectivity index (χ0) is 18.2. The zero-order valence-corrected chi connectivity index (χ0v) is 18.5. The molecule has 0 unspecified atom stereocenters. The van der Waals surface area contributed by atoms with Crippen molar-refractivity contribution in [1.82, 2.24) is 15.4 Å². The summed E-state index contributed by atoms with van der Waals surface area (Å²) in [6, 6.07) is 8.05. The van der Waals surface area contributed by atoms with Gasteiger partial charge in [-0.15, -0.1) is 24.0 Å². The third-order valence-electron chi connectivity index (χ3n) is 4.10. The van der Waals surface area contributed by atoms with Gasteiger partial charge in [0.15, 0.2) is 5.96 Å². The van der Waals surface area contributed by atoms with Crippen LogP contribution < -0.4 is 10.1 Å². The Morgan fingerprint density at radius 1 is 1.31 bits per heavy atom. The Labute approximate surface area is 173 Å². The van der Waals surface area contributed by atoms with Crippen molar-refractivity contribution in [3.8, 4) is 5.75 Å². The minimum atomic E-state index is 0. The van der Waals surface area contributed by atoms with Crippen molar-refractivity contribution in [1.29, 1.82) is 0 Å². The van der Waals surface area contributed by atoms with Gasteiger partial charge in [-0.1, -0.05) is 23.4 Å². The summed E-state index contributed by atoms with van der Waals surface area (Å²) in [6.07, 6.45) is 0.818. The molecular formula is C19H29IN4O2. The summed E-state index contributed by atoms with van der Waals surface area (Å²) in [7, 11) is 3.73. The van der Waals surface area contributed by atoms with E-state index in [1.807, 2.05) is 39.1 Å². The first-order valence-electron chi connectivity index (χ1n) is 8.59. The molecule has 0 aliphatic heterocycles. The van der Waals surface area contributed by atoms with Crippen molar-refractivity contribution in [2.24, 2.45) is 4.99 Å². The number of aryl methyl sites for hydroxylation is 2. The summed E-state index contributed by atoms with van der Waals surface area (Å²) >= 11 is 0. The zero-order valence-electron chi connectivity index (χ0n) is 16.2. The van der Waals surface area contributed by atoms with E-state index in [0.29, 0.717) is 6.54 Å². The number of benzene rings is 1. The molecule has 0 spiro atoms. The van der Waals surface area contributed by atoms with E-state index < -0.39 is 0 Å². The molecule has 26 heavy (non-hydrogen) atoms.